The normalized spacial score (nSPS) is 23.1. The summed E-state index contributed by atoms with van der Waals surface area (Å²) < 4.78 is 51.0. The quantitative estimate of drug-likeness (QED) is 0.780. The largest absolute Gasteiger partial charge is 0.495 e. The van der Waals surface area contributed by atoms with E-state index in [0.29, 0.717) is 0 Å². The number of hydrogen-bond acceptors (Lipinski definition) is 3. The van der Waals surface area contributed by atoms with Crippen LogP contribution in [0, 0.1) is 17.8 Å². The zero-order valence-corrected chi connectivity index (χ0v) is 12.6. The van der Waals surface area contributed by atoms with Gasteiger partial charge in [-0.15, -0.1) is 0 Å². The molecule has 1 aromatic carbocycles. The van der Waals surface area contributed by atoms with Crippen LogP contribution in [0.2, 0.25) is 5.02 Å². The van der Waals surface area contributed by atoms with E-state index >= 15 is 0 Å². The lowest BCUT2D eigenvalue weighted by atomic mass is 9.90. The van der Waals surface area contributed by atoms with Gasteiger partial charge in [-0.05, 0) is 24.8 Å². The molecule has 3 rings (SSSR count). The van der Waals surface area contributed by atoms with Crippen molar-refractivity contribution in [3.8, 4) is 17.6 Å². The molecule has 1 aliphatic heterocycles. The first-order chi connectivity index (χ1) is 10.8. The average Bonchev–Trinajstić information content (AvgIpc) is 3.27. The van der Waals surface area contributed by atoms with Crippen LogP contribution in [0.4, 0.5) is 23.7 Å². The molecule has 1 N–H and O–H groups in total. The third kappa shape index (κ3) is 2.68. The molecule has 1 aromatic rings. The van der Waals surface area contributed by atoms with Crippen molar-refractivity contribution >= 4 is 23.4 Å². The van der Waals surface area contributed by atoms with Gasteiger partial charge in [-0.3, -0.25) is 5.32 Å². The summed E-state index contributed by atoms with van der Waals surface area (Å²) in [5, 5.41) is 2.24. The molecule has 0 radical (unpaired) electrons. The van der Waals surface area contributed by atoms with Crippen molar-refractivity contribution in [2.75, 3.05) is 12.4 Å². The molecule has 0 saturated heterocycles. The van der Waals surface area contributed by atoms with E-state index < -0.39 is 17.9 Å². The summed E-state index contributed by atoms with van der Waals surface area (Å²) >= 11 is 5.89. The molecule has 8 heteroatoms. The standard InChI is InChI=1S/C15H11ClF3NO3/c1-22-11-7-9(16)6-10-12(11)20-13(21)23-14(10,15(17,18)19)5-4-8-2-3-8/h6-8H,2-3H2,1H3,(H,20,21)/t14-/m0/s1. The van der Waals surface area contributed by atoms with Gasteiger partial charge in [-0.2, -0.15) is 13.2 Å². The topological polar surface area (TPSA) is 47.6 Å². The van der Waals surface area contributed by atoms with Gasteiger partial charge >= 0.3 is 12.3 Å². The van der Waals surface area contributed by atoms with Crippen LogP contribution in [0.1, 0.15) is 18.4 Å². The van der Waals surface area contributed by atoms with Crippen molar-refractivity contribution in [2.24, 2.45) is 5.92 Å². The number of methoxy groups -OCH3 is 1. The summed E-state index contributed by atoms with van der Waals surface area (Å²) in [5.41, 5.74) is -3.59. The Balaban J connectivity index is 2.27. The molecule has 0 aromatic heterocycles. The van der Waals surface area contributed by atoms with Gasteiger partial charge in [-0.1, -0.05) is 17.5 Å². The Labute approximate surface area is 134 Å². The van der Waals surface area contributed by atoms with E-state index in [4.69, 9.17) is 16.3 Å². The lowest BCUT2D eigenvalue weighted by Crippen LogP contribution is -2.49. The smallest absolute Gasteiger partial charge is 0.445 e. The molecule has 1 aliphatic carbocycles. The summed E-state index contributed by atoms with van der Waals surface area (Å²) in [7, 11) is 1.26. The number of amides is 1. The summed E-state index contributed by atoms with van der Waals surface area (Å²) in [5.74, 6) is 4.56. The van der Waals surface area contributed by atoms with Crippen molar-refractivity contribution in [1.29, 1.82) is 0 Å². The first kappa shape index (κ1) is 15.8. The highest BCUT2D eigenvalue weighted by Gasteiger charge is 2.62. The van der Waals surface area contributed by atoms with E-state index in [1.54, 1.807) is 0 Å². The van der Waals surface area contributed by atoms with Crippen LogP contribution in [0.25, 0.3) is 0 Å². The van der Waals surface area contributed by atoms with Crippen LogP contribution in [-0.2, 0) is 10.3 Å². The number of nitrogens with one attached hydrogen (secondary N) is 1. The van der Waals surface area contributed by atoms with Crippen molar-refractivity contribution in [3.05, 3.63) is 22.7 Å². The number of carbonyl (C=O) groups excluding carboxylic acids is 1. The maximum atomic E-state index is 13.8. The zero-order chi connectivity index (χ0) is 16.8. The number of cyclic esters (lactones) is 1. The molecule has 1 saturated carbocycles. The lowest BCUT2D eigenvalue weighted by molar-refractivity contribution is -0.239. The molecule has 2 aliphatic rings. The average molecular weight is 346 g/mol. The highest BCUT2D eigenvalue weighted by Crippen LogP contribution is 2.50. The van der Waals surface area contributed by atoms with Crippen LogP contribution < -0.4 is 10.1 Å². The molecule has 0 spiro atoms. The van der Waals surface area contributed by atoms with Gasteiger partial charge in [-0.25, -0.2) is 4.79 Å². The van der Waals surface area contributed by atoms with Crippen molar-refractivity contribution in [1.82, 2.24) is 0 Å². The number of anilines is 1. The Kier molecular flexibility index (Phi) is 3.60. The summed E-state index contributed by atoms with van der Waals surface area (Å²) in [6.07, 6.45) is -4.71. The third-order valence-electron chi connectivity index (χ3n) is 3.57. The van der Waals surface area contributed by atoms with E-state index in [2.05, 4.69) is 21.9 Å². The summed E-state index contributed by atoms with van der Waals surface area (Å²) in [6, 6.07) is 2.38. The predicted molar refractivity (Wildman–Crippen MR) is 76.3 cm³/mol. The predicted octanol–water partition coefficient (Wildman–Crippen LogP) is 4.08. The Morgan fingerprint density at radius 2 is 2.13 bits per heavy atom. The van der Waals surface area contributed by atoms with E-state index in [-0.39, 0.29) is 27.9 Å². The van der Waals surface area contributed by atoms with Crippen LogP contribution >= 0.6 is 11.6 Å². The van der Waals surface area contributed by atoms with Crippen LogP contribution in [-0.4, -0.2) is 19.4 Å². The number of benzene rings is 1. The number of rotatable bonds is 1. The van der Waals surface area contributed by atoms with Crippen LogP contribution in [0.5, 0.6) is 5.75 Å². The number of halogens is 4. The maximum Gasteiger partial charge on any atom is 0.445 e. The summed E-state index contributed by atoms with van der Waals surface area (Å²) in [4.78, 5) is 11.7. The van der Waals surface area contributed by atoms with E-state index in [1.165, 1.54) is 13.2 Å². The molecule has 23 heavy (non-hydrogen) atoms. The van der Waals surface area contributed by atoms with Gasteiger partial charge in [0.1, 0.15) is 5.75 Å². The molecule has 1 heterocycles. The Morgan fingerprint density at radius 1 is 1.43 bits per heavy atom. The maximum absolute atomic E-state index is 13.8. The Morgan fingerprint density at radius 3 is 2.70 bits per heavy atom. The number of carbonyl (C=O) groups is 1. The van der Waals surface area contributed by atoms with Crippen molar-refractivity contribution < 1.29 is 27.4 Å². The van der Waals surface area contributed by atoms with Gasteiger partial charge in [0.15, 0.2) is 0 Å². The monoisotopic (exact) mass is 345 g/mol. The second kappa shape index (κ2) is 5.24. The molecule has 122 valence electrons. The first-order valence-corrected chi connectivity index (χ1v) is 7.12. The molecular formula is C15H11ClF3NO3. The number of fused-ring (bicyclic) bond motifs is 1. The fraction of sp³-hybridized carbons (Fsp3) is 0.400. The second-order valence-electron chi connectivity index (χ2n) is 5.27. The van der Waals surface area contributed by atoms with Crippen molar-refractivity contribution in [2.45, 2.75) is 24.6 Å². The number of alkyl halides is 3. The molecule has 1 amide bonds. The van der Waals surface area contributed by atoms with Gasteiger partial charge in [0.05, 0.1) is 12.8 Å². The van der Waals surface area contributed by atoms with Gasteiger partial charge in [0.2, 0.25) is 0 Å². The zero-order valence-electron chi connectivity index (χ0n) is 11.9. The van der Waals surface area contributed by atoms with Crippen LogP contribution in [0.3, 0.4) is 0 Å². The highest BCUT2D eigenvalue weighted by atomic mass is 35.5. The minimum atomic E-state index is -4.93. The molecule has 0 bridgehead atoms. The van der Waals surface area contributed by atoms with Crippen molar-refractivity contribution in [3.63, 3.8) is 0 Å². The molecule has 1 fully saturated rings. The molecule has 0 unspecified atom stereocenters. The van der Waals surface area contributed by atoms with Gasteiger partial charge in [0.25, 0.3) is 5.60 Å². The Bertz CT molecular complexity index is 734. The third-order valence-corrected chi connectivity index (χ3v) is 3.79. The summed E-state index contributed by atoms with van der Waals surface area (Å²) in [6.45, 7) is 0. The molecule has 4 nitrogen and oxygen atoms in total. The fourth-order valence-corrected chi connectivity index (χ4v) is 2.48. The van der Waals surface area contributed by atoms with E-state index in [9.17, 15) is 18.0 Å². The van der Waals surface area contributed by atoms with E-state index in [0.717, 1.165) is 18.9 Å². The van der Waals surface area contributed by atoms with E-state index in [1.807, 2.05) is 0 Å². The molecular weight excluding hydrogens is 335 g/mol. The fourth-order valence-electron chi connectivity index (χ4n) is 2.28. The number of hydrogen-bond donors (Lipinski definition) is 1. The number of ether oxygens (including phenoxy) is 2. The Hall–Kier alpha value is -2.07. The molecule has 1 atom stereocenters. The second-order valence-corrected chi connectivity index (χ2v) is 5.70. The SMILES string of the molecule is COc1cc(Cl)cc2c1NC(=O)O[C@]2(C#CC1CC1)C(F)(F)F. The first-order valence-electron chi connectivity index (χ1n) is 6.74. The van der Waals surface area contributed by atoms with Gasteiger partial charge in [0, 0.05) is 22.6 Å². The van der Waals surface area contributed by atoms with Gasteiger partial charge < -0.3 is 9.47 Å². The lowest BCUT2D eigenvalue weighted by Gasteiger charge is -2.36. The minimum Gasteiger partial charge on any atom is -0.495 e. The highest BCUT2D eigenvalue weighted by molar-refractivity contribution is 6.31. The minimum absolute atomic E-state index is 0.00555. The van der Waals surface area contributed by atoms with Crippen LogP contribution in [0.15, 0.2) is 12.1 Å².